The largest absolute Gasteiger partial charge is 0.272 e. The number of nitro benzene ring substituents is 1. The number of nitrogens with zero attached hydrogens (tertiary/aromatic N) is 6. The number of carbonyl (C=O) groups excluding carboxylic acids is 1. The fourth-order valence-electron chi connectivity index (χ4n) is 2.23. The maximum Gasteiger partial charge on any atom is 0.269 e. The quantitative estimate of drug-likeness (QED) is 0.297. The first-order valence-corrected chi connectivity index (χ1v) is 8.81. The van der Waals surface area contributed by atoms with Crippen molar-refractivity contribution in [3.8, 4) is 0 Å². The van der Waals surface area contributed by atoms with Crippen LogP contribution in [0.1, 0.15) is 17.0 Å². The molecular weight excluding hydrogens is 370 g/mol. The molecule has 138 valence electrons. The van der Waals surface area contributed by atoms with Gasteiger partial charge in [-0.2, -0.15) is 10.1 Å². The standard InChI is InChI=1S/C16H15N7O3S/c1-10-7-11(2)22-15(18-10)19-16(21-22)27-9-14(24)20-17-8-12-3-5-13(6-4-12)23(25)26/h3-8H,9H2,1-2H3,(H,20,24). The van der Waals surface area contributed by atoms with Crippen molar-refractivity contribution < 1.29 is 9.72 Å². The van der Waals surface area contributed by atoms with Gasteiger partial charge in [-0.05, 0) is 37.6 Å². The van der Waals surface area contributed by atoms with Gasteiger partial charge in [0.05, 0.1) is 16.9 Å². The maximum absolute atomic E-state index is 11.9. The Morgan fingerprint density at radius 1 is 1.33 bits per heavy atom. The van der Waals surface area contributed by atoms with Crippen LogP contribution < -0.4 is 5.43 Å². The number of aryl methyl sites for hydroxylation is 2. The lowest BCUT2D eigenvalue weighted by Gasteiger charge is -1.98. The number of amides is 1. The molecule has 3 aromatic rings. The van der Waals surface area contributed by atoms with Crippen LogP contribution >= 0.6 is 11.8 Å². The van der Waals surface area contributed by atoms with Gasteiger partial charge >= 0.3 is 0 Å². The fourth-order valence-corrected chi connectivity index (χ4v) is 2.84. The Hall–Kier alpha value is -3.34. The maximum atomic E-state index is 11.9. The van der Waals surface area contributed by atoms with Gasteiger partial charge in [0.1, 0.15) is 0 Å². The zero-order valence-corrected chi connectivity index (χ0v) is 15.3. The van der Waals surface area contributed by atoms with Crippen LogP contribution in [0.15, 0.2) is 40.6 Å². The average molecular weight is 385 g/mol. The van der Waals surface area contributed by atoms with Gasteiger partial charge in [0.25, 0.3) is 17.4 Å². The first kappa shape index (κ1) is 18.5. The molecule has 27 heavy (non-hydrogen) atoms. The number of benzene rings is 1. The van der Waals surface area contributed by atoms with Crippen LogP contribution in [0.4, 0.5) is 5.69 Å². The molecule has 2 heterocycles. The van der Waals surface area contributed by atoms with E-state index in [0.717, 1.165) is 11.4 Å². The van der Waals surface area contributed by atoms with Crippen LogP contribution in [0.25, 0.3) is 5.78 Å². The summed E-state index contributed by atoms with van der Waals surface area (Å²) in [5.41, 5.74) is 4.78. The van der Waals surface area contributed by atoms with E-state index >= 15 is 0 Å². The Balaban J connectivity index is 1.53. The van der Waals surface area contributed by atoms with E-state index < -0.39 is 4.92 Å². The SMILES string of the molecule is Cc1cc(C)n2nc(SCC(=O)NN=Cc3ccc([N+](=O)[O-])cc3)nc2n1. The van der Waals surface area contributed by atoms with Gasteiger partial charge in [-0.15, -0.1) is 5.10 Å². The topological polar surface area (TPSA) is 128 Å². The molecule has 0 unspecified atom stereocenters. The molecule has 0 aliphatic heterocycles. The highest BCUT2D eigenvalue weighted by molar-refractivity contribution is 7.99. The molecule has 2 aromatic heterocycles. The molecule has 0 aliphatic carbocycles. The van der Waals surface area contributed by atoms with Gasteiger partial charge in [0, 0.05) is 23.5 Å². The molecule has 0 aliphatic rings. The van der Waals surface area contributed by atoms with E-state index in [1.165, 1.54) is 30.1 Å². The Labute approximate surface area is 157 Å². The van der Waals surface area contributed by atoms with E-state index in [1.54, 1.807) is 16.6 Å². The van der Waals surface area contributed by atoms with Crippen molar-refractivity contribution in [2.24, 2.45) is 5.10 Å². The summed E-state index contributed by atoms with van der Waals surface area (Å²) in [4.78, 5) is 30.6. The smallest absolute Gasteiger partial charge is 0.269 e. The first-order chi connectivity index (χ1) is 12.9. The van der Waals surface area contributed by atoms with Crippen molar-refractivity contribution in [2.75, 3.05) is 5.75 Å². The molecule has 0 saturated carbocycles. The van der Waals surface area contributed by atoms with Gasteiger partial charge in [-0.3, -0.25) is 14.9 Å². The third-order valence-corrected chi connectivity index (χ3v) is 4.28. The number of rotatable bonds is 6. The number of carbonyl (C=O) groups is 1. The number of fused-ring (bicyclic) bond motifs is 1. The number of nitrogens with one attached hydrogen (secondary N) is 1. The molecule has 10 nitrogen and oxygen atoms in total. The number of non-ortho nitro benzene ring substituents is 1. The van der Waals surface area contributed by atoms with E-state index in [4.69, 9.17) is 0 Å². The first-order valence-electron chi connectivity index (χ1n) is 7.82. The van der Waals surface area contributed by atoms with Crippen LogP contribution in [-0.2, 0) is 4.79 Å². The number of hydrogen-bond donors (Lipinski definition) is 1. The lowest BCUT2D eigenvalue weighted by atomic mass is 10.2. The number of hydrazone groups is 1. The summed E-state index contributed by atoms with van der Waals surface area (Å²) in [6, 6.07) is 7.72. The molecule has 1 N–H and O–H groups in total. The molecule has 0 bridgehead atoms. The summed E-state index contributed by atoms with van der Waals surface area (Å²) in [5, 5.41) is 19.2. The van der Waals surface area contributed by atoms with Gasteiger partial charge in [-0.1, -0.05) is 11.8 Å². The molecule has 1 amide bonds. The predicted octanol–water partition coefficient (Wildman–Crippen LogP) is 1.89. The third kappa shape index (κ3) is 4.64. The van der Waals surface area contributed by atoms with Crippen LogP contribution in [0.2, 0.25) is 0 Å². The molecule has 0 fully saturated rings. The summed E-state index contributed by atoms with van der Waals surface area (Å²) >= 11 is 1.18. The van der Waals surface area contributed by atoms with E-state index in [9.17, 15) is 14.9 Å². The second-order valence-electron chi connectivity index (χ2n) is 5.58. The summed E-state index contributed by atoms with van der Waals surface area (Å²) in [5.74, 6) is 0.261. The van der Waals surface area contributed by atoms with Crippen molar-refractivity contribution in [1.29, 1.82) is 0 Å². The van der Waals surface area contributed by atoms with Gasteiger partial charge in [0.15, 0.2) is 0 Å². The van der Waals surface area contributed by atoms with E-state index in [2.05, 4.69) is 25.6 Å². The monoisotopic (exact) mass is 385 g/mol. The highest BCUT2D eigenvalue weighted by Gasteiger charge is 2.10. The Morgan fingerprint density at radius 3 is 2.78 bits per heavy atom. The molecular formula is C16H15N7O3S. The number of nitro groups is 1. The molecule has 0 atom stereocenters. The second kappa shape index (κ2) is 7.91. The van der Waals surface area contributed by atoms with Crippen LogP contribution in [0.5, 0.6) is 0 Å². The van der Waals surface area contributed by atoms with Crippen molar-refractivity contribution in [2.45, 2.75) is 19.0 Å². The lowest BCUT2D eigenvalue weighted by Crippen LogP contribution is -2.19. The number of hydrogen-bond acceptors (Lipinski definition) is 8. The molecule has 11 heteroatoms. The van der Waals surface area contributed by atoms with Crippen LogP contribution in [-0.4, -0.2) is 42.4 Å². The summed E-state index contributed by atoms with van der Waals surface area (Å²) < 4.78 is 1.62. The van der Waals surface area contributed by atoms with E-state index in [-0.39, 0.29) is 17.3 Å². The van der Waals surface area contributed by atoms with E-state index in [1.807, 2.05) is 19.9 Å². The van der Waals surface area contributed by atoms with Crippen molar-refractivity contribution in [3.63, 3.8) is 0 Å². The van der Waals surface area contributed by atoms with Gasteiger partial charge in [-0.25, -0.2) is 14.9 Å². The number of aromatic nitrogens is 4. The van der Waals surface area contributed by atoms with Crippen molar-refractivity contribution >= 4 is 35.3 Å². The summed E-state index contributed by atoms with van der Waals surface area (Å²) in [6.45, 7) is 3.79. The van der Waals surface area contributed by atoms with Gasteiger partial charge < -0.3 is 0 Å². The second-order valence-corrected chi connectivity index (χ2v) is 6.52. The van der Waals surface area contributed by atoms with Crippen molar-refractivity contribution in [3.05, 3.63) is 57.4 Å². The highest BCUT2D eigenvalue weighted by atomic mass is 32.2. The zero-order valence-electron chi connectivity index (χ0n) is 14.5. The molecule has 3 rings (SSSR count). The third-order valence-electron chi connectivity index (χ3n) is 3.44. The summed E-state index contributed by atoms with van der Waals surface area (Å²) in [7, 11) is 0. The Morgan fingerprint density at radius 2 is 2.07 bits per heavy atom. The van der Waals surface area contributed by atoms with Crippen molar-refractivity contribution in [1.82, 2.24) is 25.0 Å². The Bertz CT molecular complexity index is 1030. The van der Waals surface area contributed by atoms with Crippen LogP contribution in [0, 0.1) is 24.0 Å². The van der Waals surface area contributed by atoms with E-state index in [0.29, 0.717) is 16.5 Å². The zero-order chi connectivity index (χ0) is 19.4. The Kier molecular flexibility index (Phi) is 5.41. The summed E-state index contributed by atoms with van der Waals surface area (Å²) in [6.07, 6.45) is 1.41. The molecule has 0 spiro atoms. The highest BCUT2D eigenvalue weighted by Crippen LogP contribution is 2.15. The fraction of sp³-hybridized carbons (Fsp3) is 0.188. The lowest BCUT2D eigenvalue weighted by molar-refractivity contribution is -0.384. The van der Waals surface area contributed by atoms with Gasteiger partial charge in [0.2, 0.25) is 5.16 Å². The molecule has 0 saturated heterocycles. The van der Waals surface area contributed by atoms with Crippen LogP contribution in [0.3, 0.4) is 0 Å². The molecule has 1 aromatic carbocycles. The average Bonchev–Trinajstić information content (AvgIpc) is 3.03. The number of thioether (sulfide) groups is 1. The minimum Gasteiger partial charge on any atom is -0.272 e. The molecule has 0 radical (unpaired) electrons. The minimum absolute atomic E-state index is 0.00698. The predicted molar refractivity (Wildman–Crippen MR) is 99.8 cm³/mol. The normalized spacial score (nSPS) is 11.2. The minimum atomic E-state index is -0.481.